The predicted octanol–water partition coefficient (Wildman–Crippen LogP) is 4.20. The van der Waals surface area contributed by atoms with E-state index in [1.165, 1.54) is 0 Å². The summed E-state index contributed by atoms with van der Waals surface area (Å²) in [6, 6.07) is 17.5. The maximum absolute atomic E-state index is 9.30. The lowest BCUT2D eigenvalue weighted by Crippen LogP contribution is -2.03. The molecule has 0 bridgehead atoms. The number of rotatable bonds is 2. The fraction of sp³-hybridized carbons (Fsp3) is 0.125. The number of hydrogen-bond acceptors (Lipinski definition) is 2. The van der Waals surface area contributed by atoms with Crippen LogP contribution in [0, 0.1) is 11.3 Å². The molecular formula is C16H12ClN3. The SMILES string of the molecule is CC(Cl)c1nc2ccccc2n1-c1ccccc1C#N. The predicted molar refractivity (Wildman–Crippen MR) is 80.1 cm³/mol. The van der Waals surface area contributed by atoms with Crippen molar-refractivity contribution in [2.75, 3.05) is 0 Å². The molecule has 0 N–H and O–H groups in total. The van der Waals surface area contributed by atoms with Crippen LogP contribution >= 0.6 is 11.6 Å². The first-order chi connectivity index (χ1) is 9.72. The third kappa shape index (κ3) is 1.95. The van der Waals surface area contributed by atoms with E-state index in [0.717, 1.165) is 22.5 Å². The van der Waals surface area contributed by atoms with Crippen molar-refractivity contribution in [3.8, 4) is 11.8 Å². The molecule has 0 saturated heterocycles. The second-order valence-electron chi connectivity index (χ2n) is 4.54. The summed E-state index contributed by atoms with van der Waals surface area (Å²) in [6.07, 6.45) is 0. The van der Waals surface area contributed by atoms with E-state index in [4.69, 9.17) is 11.6 Å². The average molecular weight is 282 g/mol. The maximum Gasteiger partial charge on any atom is 0.132 e. The Hall–Kier alpha value is -2.31. The Morgan fingerprint density at radius 2 is 1.85 bits per heavy atom. The van der Waals surface area contributed by atoms with E-state index in [9.17, 15) is 5.26 Å². The van der Waals surface area contributed by atoms with Crippen LogP contribution in [-0.4, -0.2) is 9.55 Å². The number of aromatic nitrogens is 2. The number of nitriles is 1. The minimum Gasteiger partial charge on any atom is -0.294 e. The van der Waals surface area contributed by atoms with E-state index in [1.54, 1.807) is 6.07 Å². The van der Waals surface area contributed by atoms with Gasteiger partial charge in [0.1, 0.15) is 11.9 Å². The Labute approximate surface area is 122 Å². The summed E-state index contributed by atoms with van der Waals surface area (Å²) in [4.78, 5) is 4.59. The smallest absolute Gasteiger partial charge is 0.132 e. The number of benzene rings is 2. The summed E-state index contributed by atoms with van der Waals surface area (Å²) in [5, 5.41) is 9.06. The van der Waals surface area contributed by atoms with Crippen LogP contribution in [0.3, 0.4) is 0 Å². The molecule has 0 amide bonds. The summed E-state index contributed by atoms with van der Waals surface area (Å²) >= 11 is 6.26. The summed E-state index contributed by atoms with van der Waals surface area (Å²) in [5.74, 6) is 0.746. The zero-order chi connectivity index (χ0) is 14.1. The van der Waals surface area contributed by atoms with Crippen molar-refractivity contribution in [2.45, 2.75) is 12.3 Å². The quantitative estimate of drug-likeness (QED) is 0.661. The highest BCUT2D eigenvalue weighted by Crippen LogP contribution is 2.29. The molecule has 0 spiro atoms. The molecule has 0 aliphatic rings. The zero-order valence-electron chi connectivity index (χ0n) is 10.9. The van der Waals surface area contributed by atoms with E-state index in [0.29, 0.717) is 5.56 Å². The van der Waals surface area contributed by atoms with Crippen molar-refractivity contribution >= 4 is 22.6 Å². The third-order valence-electron chi connectivity index (χ3n) is 3.21. The van der Waals surface area contributed by atoms with Gasteiger partial charge in [-0.3, -0.25) is 4.57 Å². The number of para-hydroxylation sites is 3. The van der Waals surface area contributed by atoms with Gasteiger partial charge >= 0.3 is 0 Å². The van der Waals surface area contributed by atoms with Crippen LogP contribution < -0.4 is 0 Å². The average Bonchev–Trinajstić information content (AvgIpc) is 2.86. The minimum atomic E-state index is -0.242. The Morgan fingerprint density at radius 1 is 1.15 bits per heavy atom. The van der Waals surface area contributed by atoms with Gasteiger partial charge < -0.3 is 0 Å². The number of imidazole rings is 1. The number of alkyl halides is 1. The molecular weight excluding hydrogens is 270 g/mol. The number of hydrogen-bond donors (Lipinski definition) is 0. The molecule has 1 heterocycles. The summed E-state index contributed by atoms with van der Waals surface area (Å²) in [7, 11) is 0. The third-order valence-corrected chi connectivity index (χ3v) is 3.40. The van der Waals surface area contributed by atoms with Crippen molar-refractivity contribution in [3.05, 3.63) is 59.9 Å². The molecule has 1 atom stereocenters. The molecule has 3 aromatic rings. The van der Waals surface area contributed by atoms with Crippen molar-refractivity contribution < 1.29 is 0 Å². The molecule has 4 heteroatoms. The van der Waals surface area contributed by atoms with Gasteiger partial charge in [-0.2, -0.15) is 5.26 Å². The van der Waals surface area contributed by atoms with Gasteiger partial charge in [-0.1, -0.05) is 24.3 Å². The lowest BCUT2D eigenvalue weighted by atomic mass is 10.2. The van der Waals surface area contributed by atoms with Gasteiger partial charge in [0.15, 0.2) is 0 Å². The molecule has 3 rings (SSSR count). The van der Waals surface area contributed by atoms with Crippen LogP contribution in [0.2, 0.25) is 0 Å². The molecule has 0 aliphatic heterocycles. The highest BCUT2D eigenvalue weighted by atomic mass is 35.5. The Morgan fingerprint density at radius 3 is 2.60 bits per heavy atom. The zero-order valence-corrected chi connectivity index (χ0v) is 11.7. The highest BCUT2D eigenvalue weighted by Gasteiger charge is 2.17. The molecule has 98 valence electrons. The van der Waals surface area contributed by atoms with Crippen LogP contribution in [0.5, 0.6) is 0 Å². The van der Waals surface area contributed by atoms with Gasteiger partial charge in [-0.25, -0.2) is 4.98 Å². The van der Waals surface area contributed by atoms with Gasteiger partial charge in [0.25, 0.3) is 0 Å². The monoisotopic (exact) mass is 281 g/mol. The van der Waals surface area contributed by atoms with E-state index in [2.05, 4.69) is 11.1 Å². The van der Waals surface area contributed by atoms with E-state index in [1.807, 2.05) is 54.0 Å². The fourth-order valence-electron chi connectivity index (χ4n) is 2.33. The maximum atomic E-state index is 9.30. The van der Waals surface area contributed by atoms with Gasteiger partial charge in [0.05, 0.1) is 27.7 Å². The minimum absolute atomic E-state index is 0.242. The molecule has 2 aromatic carbocycles. The van der Waals surface area contributed by atoms with Crippen LogP contribution in [0.15, 0.2) is 48.5 Å². The summed E-state index contributed by atoms with van der Waals surface area (Å²) in [6.45, 7) is 1.88. The summed E-state index contributed by atoms with van der Waals surface area (Å²) < 4.78 is 1.96. The Bertz CT molecular complexity index is 812. The largest absolute Gasteiger partial charge is 0.294 e. The van der Waals surface area contributed by atoms with Gasteiger partial charge in [-0.15, -0.1) is 11.6 Å². The highest BCUT2D eigenvalue weighted by molar-refractivity contribution is 6.20. The second kappa shape index (κ2) is 4.99. The topological polar surface area (TPSA) is 41.6 Å². The molecule has 20 heavy (non-hydrogen) atoms. The van der Waals surface area contributed by atoms with E-state index >= 15 is 0 Å². The standard InChI is InChI=1S/C16H12ClN3/c1-11(17)16-19-13-7-3-5-9-15(13)20(16)14-8-4-2-6-12(14)10-18/h2-9,11H,1H3. The second-order valence-corrected chi connectivity index (χ2v) is 5.19. The number of fused-ring (bicyclic) bond motifs is 1. The van der Waals surface area contributed by atoms with Gasteiger partial charge in [-0.05, 0) is 31.2 Å². The molecule has 0 saturated carbocycles. The Kier molecular flexibility index (Phi) is 3.17. The molecule has 0 aliphatic carbocycles. The number of halogens is 1. The number of nitrogens with zero attached hydrogens (tertiary/aromatic N) is 3. The fourth-order valence-corrected chi connectivity index (χ4v) is 2.47. The van der Waals surface area contributed by atoms with Crippen molar-refractivity contribution in [1.82, 2.24) is 9.55 Å². The van der Waals surface area contributed by atoms with Crippen molar-refractivity contribution in [2.24, 2.45) is 0 Å². The van der Waals surface area contributed by atoms with E-state index < -0.39 is 0 Å². The first kappa shape index (κ1) is 12.7. The lowest BCUT2D eigenvalue weighted by Gasteiger charge is -2.11. The van der Waals surface area contributed by atoms with Gasteiger partial charge in [0.2, 0.25) is 0 Å². The molecule has 1 aromatic heterocycles. The van der Waals surface area contributed by atoms with Crippen LogP contribution in [0.4, 0.5) is 0 Å². The molecule has 3 nitrogen and oxygen atoms in total. The van der Waals surface area contributed by atoms with Crippen LogP contribution in [-0.2, 0) is 0 Å². The molecule has 0 radical (unpaired) electrons. The van der Waals surface area contributed by atoms with E-state index in [-0.39, 0.29) is 5.38 Å². The first-order valence-electron chi connectivity index (χ1n) is 6.33. The van der Waals surface area contributed by atoms with Crippen LogP contribution in [0.25, 0.3) is 16.7 Å². The van der Waals surface area contributed by atoms with Crippen molar-refractivity contribution in [1.29, 1.82) is 5.26 Å². The summed E-state index contributed by atoms with van der Waals surface area (Å²) in [5.41, 5.74) is 3.25. The first-order valence-corrected chi connectivity index (χ1v) is 6.77. The molecule has 1 unspecified atom stereocenters. The van der Waals surface area contributed by atoms with Crippen LogP contribution in [0.1, 0.15) is 23.7 Å². The normalized spacial score (nSPS) is 12.2. The van der Waals surface area contributed by atoms with Crippen molar-refractivity contribution in [3.63, 3.8) is 0 Å². The lowest BCUT2D eigenvalue weighted by molar-refractivity contribution is 0.881. The molecule has 0 fully saturated rings. The van der Waals surface area contributed by atoms with Gasteiger partial charge in [0, 0.05) is 0 Å². The Balaban J connectivity index is 2.40.